The van der Waals surface area contributed by atoms with Crippen LogP contribution in [0.5, 0.6) is 0 Å². The molecule has 0 bridgehead atoms. The summed E-state index contributed by atoms with van der Waals surface area (Å²) in [6.07, 6.45) is -0.886. The van der Waals surface area contributed by atoms with Gasteiger partial charge < -0.3 is 0 Å². The summed E-state index contributed by atoms with van der Waals surface area (Å²) in [6, 6.07) is 8.75. The Morgan fingerprint density at radius 2 is 1.53 bits per heavy atom. The summed E-state index contributed by atoms with van der Waals surface area (Å²) in [4.78, 5) is 53.1. The van der Waals surface area contributed by atoms with Gasteiger partial charge in [0.05, 0.1) is 0 Å². The van der Waals surface area contributed by atoms with Crippen LogP contribution in [0.15, 0.2) is 36.4 Å². The maximum absolute atomic E-state index is 13.5. The van der Waals surface area contributed by atoms with Crippen molar-refractivity contribution in [1.82, 2.24) is 9.88 Å². The molecule has 0 aliphatic rings. The molecule has 3 rings (SSSR count). The molecule has 0 saturated heterocycles. The van der Waals surface area contributed by atoms with E-state index < -0.39 is 60.5 Å². The van der Waals surface area contributed by atoms with E-state index in [1.807, 2.05) is 9.86 Å². The molecule has 1 heterocycles. The van der Waals surface area contributed by atoms with Crippen molar-refractivity contribution >= 4 is 88.4 Å². The summed E-state index contributed by atoms with van der Waals surface area (Å²) in [7, 11) is 0. The number of hydrogen-bond acceptors (Lipinski definition) is 4. The third-order valence-electron chi connectivity index (χ3n) is 5.32. The molecule has 0 fully saturated rings. The van der Waals surface area contributed by atoms with Crippen molar-refractivity contribution in [2.24, 2.45) is 0 Å². The number of nitrogens with one attached hydrogen (secondary N) is 1. The number of hydrogen-bond donors (Lipinski definition) is 2. The van der Waals surface area contributed by atoms with Gasteiger partial charge >= 0.3 is 213 Å². The van der Waals surface area contributed by atoms with Crippen molar-refractivity contribution in [2.45, 2.75) is 22.8 Å². The minimum absolute atomic E-state index is 0.155. The summed E-state index contributed by atoms with van der Waals surface area (Å²) < 4.78 is 13.7. The number of aromatic nitrogens is 1. The number of amides is 1. The number of aliphatic carboxylic acids is 1. The van der Waals surface area contributed by atoms with E-state index in [-0.39, 0.29) is 12.3 Å². The SMILES string of the molecule is CI(C)[C@H](CC(=O)n1c2ccc(Cl)cc2c2cc(Cl)ccc21)C(=O)NC(CC(=O)O)C(=O)CF. The quantitative estimate of drug-likeness (QED) is 0.264. The molecular weight excluding hydrogens is 601 g/mol. The first kappa shape index (κ1) is 26.4. The third-order valence-corrected chi connectivity index (χ3v) is 9.80. The predicted octanol–water partition coefficient (Wildman–Crippen LogP) is 4.76. The van der Waals surface area contributed by atoms with Crippen LogP contribution >= 0.6 is 43.0 Å². The second-order valence-corrected chi connectivity index (χ2v) is 14.8. The number of halogens is 4. The molecule has 2 atom stereocenters. The molecule has 7 nitrogen and oxygen atoms in total. The van der Waals surface area contributed by atoms with E-state index in [1.54, 1.807) is 36.4 Å². The number of nitrogens with zero attached hydrogens (tertiary/aromatic N) is 1. The monoisotopic (exact) mass is 622 g/mol. The molecule has 182 valence electrons. The van der Waals surface area contributed by atoms with Crippen LogP contribution in [-0.4, -0.2) is 59.7 Å². The fourth-order valence-corrected chi connectivity index (χ4v) is 6.61. The number of carbonyl (C=O) groups excluding carboxylic acids is 3. The second-order valence-electron chi connectivity index (χ2n) is 7.80. The zero-order valence-electron chi connectivity index (χ0n) is 18.3. The van der Waals surface area contributed by atoms with Gasteiger partial charge in [0.25, 0.3) is 0 Å². The van der Waals surface area contributed by atoms with E-state index in [4.69, 9.17) is 28.3 Å². The van der Waals surface area contributed by atoms with E-state index in [2.05, 4.69) is 5.32 Å². The van der Waals surface area contributed by atoms with Crippen molar-refractivity contribution in [3.8, 4) is 0 Å². The number of carboxylic acid groups (broad SMARTS) is 1. The first-order chi connectivity index (χ1) is 16.0. The van der Waals surface area contributed by atoms with E-state index in [0.717, 1.165) is 10.8 Å². The molecule has 0 saturated carbocycles. The van der Waals surface area contributed by atoms with Crippen molar-refractivity contribution in [2.75, 3.05) is 16.5 Å². The van der Waals surface area contributed by atoms with Gasteiger partial charge in [0.15, 0.2) is 0 Å². The zero-order chi connectivity index (χ0) is 25.2. The Morgan fingerprint density at radius 1 is 1.00 bits per heavy atom. The molecule has 0 spiro atoms. The molecule has 0 aliphatic carbocycles. The normalized spacial score (nSPS) is 13.5. The van der Waals surface area contributed by atoms with E-state index >= 15 is 0 Å². The number of alkyl halides is 4. The molecule has 0 radical (unpaired) electrons. The fraction of sp³-hybridized carbons (Fsp3) is 0.304. The summed E-state index contributed by atoms with van der Waals surface area (Å²) >= 11 is 10.3. The number of carbonyl (C=O) groups is 4. The summed E-state index contributed by atoms with van der Waals surface area (Å²) in [5, 5.41) is 13.8. The van der Waals surface area contributed by atoms with Crippen LogP contribution in [0, 0.1) is 0 Å². The Hall–Kier alpha value is -2.24. The molecule has 0 aliphatic heterocycles. The van der Waals surface area contributed by atoms with E-state index in [9.17, 15) is 23.6 Å². The Bertz CT molecular complexity index is 1230. The number of ketones is 1. The molecule has 2 N–H and O–H groups in total. The number of Topliss-reactive ketones (excluding diaryl/α,β-unsaturated/α-hetero) is 1. The average molecular weight is 623 g/mol. The van der Waals surface area contributed by atoms with Crippen LogP contribution in [0.4, 0.5) is 4.39 Å². The van der Waals surface area contributed by atoms with Gasteiger partial charge in [-0.1, -0.05) is 0 Å². The van der Waals surface area contributed by atoms with Crippen molar-refractivity contribution in [3.63, 3.8) is 0 Å². The Morgan fingerprint density at radius 3 is 1.97 bits per heavy atom. The molecule has 1 unspecified atom stereocenters. The number of benzene rings is 2. The van der Waals surface area contributed by atoms with Crippen LogP contribution in [-0.2, 0) is 14.4 Å². The van der Waals surface area contributed by atoms with E-state index in [0.29, 0.717) is 21.1 Å². The van der Waals surface area contributed by atoms with Gasteiger partial charge in [-0.2, -0.15) is 0 Å². The molecule has 2 aromatic carbocycles. The van der Waals surface area contributed by atoms with Crippen molar-refractivity contribution < 1.29 is 28.7 Å². The first-order valence-electron chi connectivity index (χ1n) is 10.0. The first-order valence-corrected chi connectivity index (χ1v) is 16.4. The van der Waals surface area contributed by atoms with Crippen LogP contribution in [0.1, 0.15) is 17.6 Å². The zero-order valence-corrected chi connectivity index (χ0v) is 21.9. The fourth-order valence-electron chi connectivity index (χ4n) is 3.70. The van der Waals surface area contributed by atoms with Crippen LogP contribution in [0.25, 0.3) is 21.8 Å². The Balaban J connectivity index is 1.96. The Labute approximate surface area is 212 Å². The second kappa shape index (κ2) is 11.0. The molecule has 3 aromatic rings. The summed E-state index contributed by atoms with van der Waals surface area (Å²) in [5.41, 5.74) is 1.21. The number of fused-ring (bicyclic) bond motifs is 3. The molecule has 1 aromatic heterocycles. The predicted molar refractivity (Wildman–Crippen MR) is 140 cm³/mol. The topological polar surface area (TPSA) is 105 Å². The van der Waals surface area contributed by atoms with Crippen molar-refractivity contribution in [1.29, 1.82) is 0 Å². The third kappa shape index (κ3) is 5.69. The van der Waals surface area contributed by atoms with Crippen LogP contribution in [0.3, 0.4) is 0 Å². The van der Waals surface area contributed by atoms with Crippen LogP contribution < -0.4 is 5.32 Å². The van der Waals surface area contributed by atoms with Gasteiger partial charge in [-0.25, -0.2) is 0 Å². The van der Waals surface area contributed by atoms with Gasteiger partial charge in [0.1, 0.15) is 0 Å². The number of rotatable bonds is 9. The maximum atomic E-state index is 13.5. The van der Waals surface area contributed by atoms with Crippen molar-refractivity contribution in [3.05, 3.63) is 46.4 Å². The molecule has 34 heavy (non-hydrogen) atoms. The van der Waals surface area contributed by atoms with E-state index in [1.165, 1.54) is 4.57 Å². The summed E-state index contributed by atoms with van der Waals surface area (Å²) in [5.74, 6) is -3.33. The van der Waals surface area contributed by atoms with Gasteiger partial charge in [0, 0.05) is 0 Å². The van der Waals surface area contributed by atoms with Gasteiger partial charge in [-0.3, -0.25) is 0 Å². The van der Waals surface area contributed by atoms with Gasteiger partial charge in [0.2, 0.25) is 0 Å². The summed E-state index contributed by atoms with van der Waals surface area (Å²) in [6.45, 7) is -1.39. The molecule has 11 heteroatoms. The molecular formula is C23H22Cl2FIN2O5. The Kier molecular flexibility index (Phi) is 8.53. The van der Waals surface area contributed by atoms with Gasteiger partial charge in [-0.05, 0) is 0 Å². The van der Waals surface area contributed by atoms with Crippen LogP contribution in [0.2, 0.25) is 10.0 Å². The minimum atomic E-state index is -2.01. The molecule has 1 amide bonds. The average Bonchev–Trinajstić information content (AvgIpc) is 3.08. The van der Waals surface area contributed by atoms with Gasteiger partial charge in [-0.15, -0.1) is 0 Å². The standard InChI is InChI=1S/C23H22Cl2FIN2O5/c1-27(2)16(23(34)28-17(10-22(32)33)20(30)11-26)9-21(31)29-18-5-3-12(24)7-14(18)15-8-13(25)4-6-19(15)29/h3-8,16-17H,9-11H2,1-2H3,(H,28,34)(H,32,33)/t16-,17?/m1/s1. The number of carboxylic acids is 1.